The van der Waals surface area contributed by atoms with E-state index in [1.165, 1.54) is 19.3 Å². The lowest BCUT2D eigenvalue weighted by atomic mass is 9.76. The lowest BCUT2D eigenvalue weighted by Gasteiger charge is -2.32. The summed E-state index contributed by atoms with van der Waals surface area (Å²) in [7, 11) is 0. The Bertz CT molecular complexity index is 407. The highest BCUT2D eigenvalue weighted by Gasteiger charge is 2.28. The molecule has 100 valence electrons. The van der Waals surface area contributed by atoms with Crippen LogP contribution in [-0.4, -0.2) is 5.11 Å². The van der Waals surface area contributed by atoms with Crippen LogP contribution in [0.3, 0.4) is 0 Å². The van der Waals surface area contributed by atoms with Gasteiger partial charge >= 0.3 is 0 Å². The van der Waals surface area contributed by atoms with Gasteiger partial charge in [-0.3, -0.25) is 0 Å². The van der Waals surface area contributed by atoms with E-state index in [2.05, 4.69) is 22.9 Å². The molecule has 1 aromatic rings. The monoisotopic (exact) mass is 330 g/mol. The van der Waals surface area contributed by atoms with Gasteiger partial charge in [0.25, 0.3) is 0 Å². The van der Waals surface area contributed by atoms with Gasteiger partial charge in [0.1, 0.15) is 0 Å². The molecular formula is C15H20BrClO. The van der Waals surface area contributed by atoms with Crippen LogP contribution in [0.2, 0.25) is 5.02 Å². The van der Waals surface area contributed by atoms with E-state index in [0.717, 1.165) is 28.8 Å². The predicted molar refractivity (Wildman–Crippen MR) is 79.9 cm³/mol. The van der Waals surface area contributed by atoms with Crippen LogP contribution in [0.25, 0.3) is 0 Å². The molecule has 1 N–H and O–H groups in total. The van der Waals surface area contributed by atoms with E-state index >= 15 is 0 Å². The van der Waals surface area contributed by atoms with Crippen LogP contribution in [0.15, 0.2) is 22.7 Å². The van der Waals surface area contributed by atoms with Crippen molar-refractivity contribution < 1.29 is 5.11 Å². The Hall–Kier alpha value is -0.0500. The van der Waals surface area contributed by atoms with E-state index in [1.54, 1.807) is 0 Å². The van der Waals surface area contributed by atoms with Crippen molar-refractivity contribution in [3.63, 3.8) is 0 Å². The van der Waals surface area contributed by atoms with E-state index in [9.17, 15) is 5.11 Å². The molecule has 3 unspecified atom stereocenters. The van der Waals surface area contributed by atoms with Gasteiger partial charge in [0.05, 0.1) is 11.1 Å². The minimum atomic E-state index is -0.427. The van der Waals surface area contributed by atoms with Crippen LogP contribution in [0.5, 0.6) is 0 Å². The Morgan fingerprint density at radius 3 is 2.94 bits per heavy atom. The summed E-state index contributed by atoms with van der Waals surface area (Å²) in [5, 5.41) is 11.2. The summed E-state index contributed by atoms with van der Waals surface area (Å²) in [5.41, 5.74) is 0.868. The molecule has 0 aromatic heterocycles. The minimum Gasteiger partial charge on any atom is -0.388 e. The number of aliphatic hydroxyl groups excluding tert-OH is 1. The first-order valence-corrected chi connectivity index (χ1v) is 7.92. The average Bonchev–Trinajstić information content (AvgIpc) is 2.41. The highest BCUT2D eigenvalue weighted by Crippen LogP contribution is 2.41. The first kappa shape index (κ1) is 14.4. The van der Waals surface area contributed by atoms with Crippen molar-refractivity contribution in [2.24, 2.45) is 11.8 Å². The summed E-state index contributed by atoms with van der Waals surface area (Å²) in [4.78, 5) is 0. The molecule has 0 aliphatic heterocycles. The maximum atomic E-state index is 10.6. The molecule has 0 saturated heterocycles. The first-order chi connectivity index (χ1) is 8.63. The Labute approximate surface area is 123 Å². The topological polar surface area (TPSA) is 20.2 Å². The molecule has 18 heavy (non-hydrogen) atoms. The van der Waals surface area contributed by atoms with Gasteiger partial charge in [-0.2, -0.15) is 0 Å². The zero-order valence-electron chi connectivity index (χ0n) is 10.7. The quantitative estimate of drug-likeness (QED) is 0.791. The van der Waals surface area contributed by atoms with Crippen LogP contribution in [-0.2, 0) is 0 Å². The molecule has 3 heteroatoms. The zero-order valence-corrected chi connectivity index (χ0v) is 13.0. The average molecular weight is 332 g/mol. The summed E-state index contributed by atoms with van der Waals surface area (Å²) in [5.74, 6) is 1.12. The summed E-state index contributed by atoms with van der Waals surface area (Å²) < 4.78 is 0.864. The number of benzene rings is 1. The zero-order chi connectivity index (χ0) is 13.1. The SMILES string of the molecule is CCC1CCCC(C(O)c2cccc(Br)c2Cl)C1. The van der Waals surface area contributed by atoms with Crippen molar-refractivity contribution in [2.45, 2.75) is 45.1 Å². The highest BCUT2D eigenvalue weighted by molar-refractivity contribution is 9.10. The lowest BCUT2D eigenvalue weighted by Crippen LogP contribution is -2.21. The molecule has 0 amide bonds. The molecule has 0 spiro atoms. The molecule has 1 saturated carbocycles. The molecule has 0 radical (unpaired) electrons. The fourth-order valence-corrected chi connectivity index (χ4v) is 3.61. The van der Waals surface area contributed by atoms with Gasteiger partial charge in [-0.25, -0.2) is 0 Å². The maximum Gasteiger partial charge on any atom is 0.0833 e. The van der Waals surface area contributed by atoms with Crippen LogP contribution in [0.1, 0.15) is 50.7 Å². The largest absolute Gasteiger partial charge is 0.388 e. The van der Waals surface area contributed by atoms with E-state index in [-0.39, 0.29) is 0 Å². The molecule has 0 bridgehead atoms. The molecule has 1 fully saturated rings. The fourth-order valence-electron chi connectivity index (χ4n) is 2.99. The van der Waals surface area contributed by atoms with Gasteiger partial charge in [0, 0.05) is 10.0 Å². The van der Waals surface area contributed by atoms with Crippen LogP contribution < -0.4 is 0 Å². The van der Waals surface area contributed by atoms with Crippen molar-refractivity contribution in [3.8, 4) is 0 Å². The van der Waals surface area contributed by atoms with Crippen LogP contribution in [0.4, 0.5) is 0 Å². The third-order valence-corrected chi connectivity index (χ3v) is 5.46. The van der Waals surface area contributed by atoms with E-state index < -0.39 is 6.10 Å². The second-order valence-electron chi connectivity index (χ2n) is 5.29. The van der Waals surface area contributed by atoms with Crippen molar-refractivity contribution in [3.05, 3.63) is 33.3 Å². The van der Waals surface area contributed by atoms with Gasteiger partial charge in [0.2, 0.25) is 0 Å². The summed E-state index contributed by atoms with van der Waals surface area (Å²) in [6.45, 7) is 2.24. The first-order valence-electron chi connectivity index (χ1n) is 6.75. The van der Waals surface area contributed by atoms with Crippen LogP contribution >= 0.6 is 27.5 Å². The second kappa shape index (κ2) is 6.40. The lowest BCUT2D eigenvalue weighted by molar-refractivity contribution is 0.0678. The molecule has 2 rings (SSSR count). The van der Waals surface area contributed by atoms with E-state index in [1.807, 2.05) is 18.2 Å². The summed E-state index contributed by atoms with van der Waals surface area (Å²) in [6, 6.07) is 5.79. The molecule has 0 heterocycles. The third-order valence-electron chi connectivity index (χ3n) is 4.15. The number of hydrogen-bond acceptors (Lipinski definition) is 1. The molecule has 1 aliphatic rings. The minimum absolute atomic E-state index is 0.357. The number of hydrogen-bond donors (Lipinski definition) is 1. The van der Waals surface area contributed by atoms with Crippen molar-refractivity contribution in [2.75, 3.05) is 0 Å². The van der Waals surface area contributed by atoms with Gasteiger partial charge in [0.15, 0.2) is 0 Å². The summed E-state index contributed by atoms with van der Waals surface area (Å²) >= 11 is 9.69. The molecule has 1 aliphatic carbocycles. The van der Waals surface area contributed by atoms with Crippen molar-refractivity contribution >= 4 is 27.5 Å². The Kier molecular flexibility index (Phi) is 5.11. The number of aliphatic hydroxyl groups is 1. The molecule has 1 nitrogen and oxygen atoms in total. The van der Waals surface area contributed by atoms with Crippen molar-refractivity contribution in [1.82, 2.24) is 0 Å². The predicted octanol–water partition coefficient (Wildman–Crippen LogP) is 5.35. The van der Waals surface area contributed by atoms with E-state index in [0.29, 0.717) is 10.9 Å². The molecule has 1 aromatic carbocycles. The van der Waals surface area contributed by atoms with E-state index in [4.69, 9.17) is 11.6 Å². The van der Waals surface area contributed by atoms with Crippen LogP contribution in [0, 0.1) is 11.8 Å². The number of halogens is 2. The third kappa shape index (κ3) is 3.09. The summed E-state index contributed by atoms with van der Waals surface area (Å²) in [6.07, 6.45) is 5.57. The Morgan fingerprint density at radius 2 is 2.22 bits per heavy atom. The standard InChI is InChI=1S/C15H20BrClO/c1-2-10-5-3-6-11(9-10)15(18)12-7-4-8-13(16)14(12)17/h4,7-8,10-11,15,18H,2-3,5-6,9H2,1H3. The molecular weight excluding hydrogens is 312 g/mol. The van der Waals surface area contributed by atoms with Crippen molar-refractivity contribution in [1.29, 1.82) is 0 Å². The fraction of sp³-hybridized carbons (Fsp3) is 0.600. The second-order valence-corrected chi connectivity index (χ2v) is 6.52. The highest BCUT2D eigenvalue weighted by atomic mass is 79.9. The maximum absolute atomic E-state index is 10.6. The smallest absolute Gasteiger partial charge is 0.0833 e. The Morgan fingerprint density at radius 1 is 1.44 bits per heavy atom. The normalized spacial score (nSPS) is 26.0. The van der Waals surface area contributed by atoms with Gasteiger partial charge < -0.3 is 5.11 Å². The number of rotatable bonds is 3. The van der Waals surface area contributed by atoms with Gasteiger partial charge in [-0.1, -0.05) is 49.9 Å². The van der Waals surface area contributed by atoms with Gasteiger partial charge in [-0.15, -0.1) is 0 Å². The Balaban J connectivity index is 2.15. The van der Waals surface area contributed by atoms with Gasteiger partial charge in [-0.05, 0) is 46.7 Å². The molecule has 3 atom stereocenters.